The number of halogens is 2. The SMILES string of the molecule is CC1CCCN(CCCCNC(=O)C(C)C(N)c2ccccc2)C1.Cl.Cl. The number of carbonyl (C=O) groups is 1. The van der Waals surface area contributed by atoms with Crippen LogP contribution in [0.3, 0.4) is 0 Å². The number of unbranched alkanes of at least 4 members (excludes halogenated alkanes) is 1. The molecule has 3 atom stereocenters. The van der Waals surface area contributed by atoms with E-state index in [0.29, 0.717) is 0 Å². The van der Waals surface area contributed by atoms with Gasteiger partial charge in [0.1, 0.15) is 0 Å². The zero-order valence-electron chi connectivity index (χ0n) is 16.0. The Bertz CT molecular complexity index is 501. The van der Waals surface area contributed by atoms with Crippen molar-refractivity contribution >= 4 is 30.7 Å². The highest BCUT2D eigenvalue weighted by molar-refractivity contribution is 5.85. The summed E-state index contributed by atoms with van der Waals surface area (Å²) in [6.45, 7) is 8.61. The van der Waals surface area contributed by atoms with Crippen LogP contribution in [0.1, 0.15) is 51.1 Å². The largest absolute Gasteiger partial charge is 0.356 e. The number of hydrogen-bond donors (Lipinski definition) is 2. The molecule has 1 aliphatic heterocycles. The first kappa shape index (κ1) is 25.2. The summed E-state index contributed by atoms with van der Waals surface area (Å²) in [6.07, 6.45) is 4.87. The summed E-state index contributed by atoms with van der Waals surface area (Å²) in [5.41, 5.74) is 7.23. The summed E-state index contributed by atoms with van der Waals surface area (Å²) in [6, 6.07) is 9.59. The molecule has 0 aromatic heterocycles. The molecule has 26 heavy (non-hydrogen) atoms. The Morgan fingerprint density at radius 2 is 1.96 bits per heavy atom. The smallest absolute Gasteiger partial charge is 0.224 e. The predicted octanol–water partition coefficient (Wildman–Crippen LogP) is 3.79. The third-order valence-electron chi connectivity index (χ3n) is 5.08. The van der Waals surface area contributed by atoms with Gasteiger partial charge in [-0.05, 0) is 50.3 Å². The van der Waals surface area contributed by atoms with Crippen molar-refractivity contribution in [3.05, 3.63) is 35.9 Å². The minimum atomic E-state index is -0.249. The van der Waals surface area contributed by atoms with Gasteiger partial charge in [-0.2, -0.15) is 0 Å². The van der Waals surface area contributed by atoms with Crippen molar-refractivity contribution in [2.45, 2.75) is 45.6 Å². The van der Waals surface area contributed by atoms with Gasteiger partial charge in [0.15, 0.2) is 0 Å². The van der Waals surface area contributed by atoms with Gasteiger partial charge in [-0.1, -0.05) is 44.2 Å². The highest BCUT2D eigenvalue weighted by Crippen LogP contribution is 2.19. The van der Waals surface area contributed by atoms with Gasteiger partial charge in [0.05, 0.1) is 5.92 Å². The molecule has 0 radical (unpaired) electrons. The van der Waals surface area contributed by atoms with Gasteiger partial charge in [0, 0.05) is 19.1 Å². The van der Waals surface area contributed by atoms with E-state index in [1.807, 2.05) is 37.3 Å². The van der Waals surface area contributed by atoms with Gasteiger partial charge in [-0.3, -0.25) is 4.79 Å². The van der Waals surface area contributed by atoms with Gasteiger partial charge in [-0.25, -0.2) is 0 Å². The topological polar surface area (TPSA) is 58.4 Å². The number of nitrogens with two attached hydrogens (primary N) is 1. The summed E-state index contributed by atoms with van der Waals surface area (Å²) >= 11 is 0. The van der Waals surface area contributed by atoms with E-state index in [-0.39, 0.29) is 42.7 Å². The second-order valence-corrected chi connectivity index (χ2v) is 7.27. The number of piperidine rings is 1. The van der Waals surface area contributed by atoms with E-state index in [2.05, 4.69) is 17.1 Å². The maximum Gasteiger partial charge on any atom is 0.224 e. The molecule has 1 fully saturated rings. The Labute approximate surface area is 171 Å². The van der Waals surface area contributed by atoms with Crippen LogP contribution in [0.5, 0.6) is 0 Å². The molecule has 1 aliphatic rings. The van der Waals surface area contributed by atoms with Crippen LogP contribution in [0, 0.1) is 11.8 Å². The van der Waals surface area contributed by atoms with E-state index >= 15 is 0 Å². The first-order chi connectivity index (χ1) is 11.6. The molecule has 4 nitrogen and oxygen atoms in total. The van der Waals surface area contributed by atoms with E-state index in [1.165, 1.54) is 25.9 Å². The Morgan fingerprint density at radius 1 is 1.27 bits per heavy atom. The average molecular weight is 404 g/mol. The van der Waals surface area contributed by atoms with Gasteiger partial charge < -0.3 is 16.0 Å². The molecule has 6 heteroatoms. The van der Waals surface area contributed by atoms with Gasteiger partial charge >= 0.3 is 0 Å². The maximum atomic E-state index is 12.3. The van der Waals surface area contributed by atoms with Gasteiger partial charge in [-0.15, -0.1) is 24.8 Å². The normalized spacial score (nSPS) is 19.6. The Morgan fingerprint density at radius 3 is 2.62 bits per heavy atom. The summed E-state index contributed by atoms with van der Waals surface area (Å²) in [7, 11) is 0. The van der Waals surface area contributed by atoms with Crippen LogP contribution in [0.25, 0.3) is 0 Å². The number of rotatable bonds is 8. The minimum Gasteiger partial charge on any atom is -0.356 e. The zero-order chi connectivity index (χ0) is 17.4. The van der Waals surface area contributed by atoms with Crippen molar-refractivity contribution in [2.24, 2.45) is 17.6 Å². The van der Waals surface area contributed by atoms with E-state index < -0.39 is 0 Å². The van der Waals surface area contributed by atoms with Crippen LogP contribution in [-0.2, 0) is 4.79 Å². The first-order valence-corrected chi connectivity index (χ1v) is 9.38. The van der Waals surface area contributed by atoms with Crippen molar-refractivity contribution in [3.63, 3.8) is 0 Å². The Hall–Kier alpha value is -0.810. The van der Waals surface area contributed by atoms with Crippen molar-refractivity contribution in [3.8, 4) is 0 Å². The highest BCUT2D eigenvalue weighted by Gasteiger charge is 2.21. The monoisotopic (exact) mass is 403 g/mol. The lowest BCUT2D eigenvalue weighted by atomic mass is 9.94. The molecule has 0 spiro atoms. The van der Waals surface area contributed by atoms with Crippen LogP contribution in [0.15, 0.2) is 30.3 Å². The summed E-state index contributed by atoms with van der Waals surface area (Å²) in [4.78, 5) is 14.8. The Kier molecular flexibility index (Phi) is 13.0. The molecule has 1 saturated heterocycles. The molecule has 0 bridgehead atoms. The van der Waals surface area contributed by atoms with Crippen LogP contribution < -0.4 is 11.1 Å². The first-order valence-electron chi connectivity index (χ1n) is 9.38. The fourth-order valence-corrected chi connectivity index (χ4v) is 3.45. The number of likely N-dealkylation sites (tertiary alicyclic amines) is 1. The minimum absolute atomic E-state index is 0. The fraction of sp³-hybridized carbons (Fsp3) is 0.650. The van der Waals surface area contributed by atoms with Crippen LogP contribution >= 0.6 is 24.8 Å². The van der Waals surface area contributed by atoms with E-state index in [9.17, 15) is 4.79 Å². The van der Waals surface area contributed by atoms with E-state index in [4.69, 9.17) is 5.73 Å². The van der Waals surface area contributed by atoms with Crippen molar-refractivity contribution in [1.29, 1.82) is 0 Å². The number of nitrogens with one attached hydrogen (secondary N) is 1. The lowest BCUT2D eigenvalue weighted by Crippen LogP contribution is -2.37. The number of amides is 1. The van der Waals surface area contributed by atoms with E-state index in [0.717, 1.165) is 37.4 Å². The number of hydrogen-bond acceptors (Lipinski definition) is 3. The average Bonchev–Trinajstić information content (AvgIpc) is 2.61. The quantitative estimate of drug-likeness (QED) is 0.648. The molecule has 1 aromatic rings. The number of nitrogens with zero attached hydrogens (tertiary/aromatic N) is 1. The second-order valence-electron chi connectivity index (χ2n) is 7.27. The number of carbonyl (C=O) groups excluding carboxylic acids is 1. The lowest BCUT2D eigenvalue weighted by Gasteiger charge is -2.30. The molecule has 3 unspecified atom stereocenters. The fourth-order valence-electron chi connectivity index (χ4n) is 3.45. The number of benzene rings is 1. The van der Waals surface area contributed by atoms with E-state index in [1.54, 1.807) is 0 Å². The molecular formula is C20H35Cl2N3O. The van der Waals surface area contributed by atoms with Crippen molar-refractivity contribution in [2.75, 3.05) is 26.2 Å². The van der Waals surface area contributed by atoms with Gasteiger partial charge in [0.2, 0.25) is 5.91 Å². The van der Waals surface area contributed by atoms with Crippen LogP contribution in [0.4, 0.5) is 0 Å². The summed E-state index contributed by atoms with van der Waals surface area (Å²) in [5.74, 6) is 0.673. The van der Waals surface area contributed by atoms with Crippen LogP contribution in [0.2, 0.25) is 0 Å². The molecule has 0 aliphatic carbocycles. The summed E-state index contributed by atoms with van der Waals surface area (Å²) in [5, 5.41) is 3.04. The maximum absolute atomic E-state index is 12.3. The Balaban J connectivity index is 0.00000312. The molecule has 1 heterocycles. The van der Waals surface area contributed by atoms with Crippen LogP contribution in [-0.4, -0.2) is 37.0 Å². The molecule has 1 aromatic carbocycles. The second kappa shape index (κ2) is 13.4. The zero-order valence-corrected chi connectivity index (χ0v) is 17.7. The summed E-state index contributed by atoms with van der Waals surface area (Å²) < 4.78 is 0. The standard InChI is InChI=1S/C20H33N3O.2ClH/c1-16-9-8-14-23(15-16)13-7-6-12-22-20(24)17(2)19(21)18-10-4-3-5-11-18;;/h3-5,10-11,16-17,19H,6-9,12-15,21H2,1-2H3,(H,22,24);2*1H. The highest BCUT2D eigenvalue weighted by atomic mass is 35.5. The molecule has 150 valence electrons. The molecule has 2 rings (SSSR count). The molecular weight excluding hydrogens is 369 g/mol. The molecule has 0 saturated carbocycles. The predicted molar refractivity (Wildman–Crippen MR) is 114 cm³/mol. The van der Waals surface area contributed by atoms with Gasteiger partial charge in [0.25, 0.3) is 0 Å². The molecule has 1 amide bonds. The third kappa shape index (κ3) is 8.26. The lowest BCUT2D eigenvalue weighted by molar-refractivity contribution is -0.125. The molecule has 3 N–H and O–H groups in total. The van der Waals surface area contributed by atoms with Crippen molar-refractivity contribution in [1.82, 2.24) is 10.2 Å². The van der Waals surface area contributed by atoms with Crippen molar-refractivity contribution < 1.29 is 4.79 Å². The third-order valence-corrected chi connectivity index (χ3v) is 5.08.